The number of imidazole rings is 1. The lowest BCUT2D eigenvalue weighted by Crippen LogP contribution is -2.08. The fourth-order valence-corrected chi connectivity index (χ4v) is 1.91. The standard InChI is InChI=1S/C14H19N3/c1-4-17-9-8-15-14(17)10-16-13-7-5-6-11(2)12(13)3/h5-9,16H,4,10H2,1-3H3. The van der Waals surface area contributed by atoms with Gasteiger partial charge in [0.05, 0.1) is 6.54 Å². The van der Waals surface area contributed by atoms with Crippen LogP contribution < -0.4 is 5.32 Å². The molecule has 0 saturated carbocycles. The number of rotatable bonds is 4. The highest BCUT2D eigenvalue weighted by molar-refractivity contribution is 5.53. The van der Waals surface area contributed by atoms with Crippen molar-refractivity contribution in [1.82, 2.24) is 9.55 Å². The third kappa shape index (κ3) is 2.49. The molecule has 3 heteroatoms. The Bertz CT molecular complexity index is 500. The summed E-state index contributed by atoms with van der Waals surface area (Å²) in [6.45, 7) is 8.13. The first-order chi connectivity index (χ1) is 8.22. The largest absolute Gasteiger partial charge is 0.378 e. The first-order valence-electron chi connectivity index (χ1n) is 6.02. The molecule has 0 aliphatic carbocycles. The van der Waals surface area contributed by atoms with E-state index in [9.17, 15) is 0 Å². The molecule has 0 aliphatic rings. The van der Waals surface area contributed by atoms with Crippen LogP contribution in [0.4, 0.5) is 5.69 Å². The van der Waals surface area contributed by atoms with Gasteiger partial charge in [-0.2, -0.15) is 0 Å². The van der Waals surface area contributed by atoms with Crippen LogP contribution in [0.25, 0.3) is 0 Å². The first-order valence-corrected chi connectivity index (χ1v) is 6.02. The molecule has 0 radical (unpaired) electrons. The molecule has 0 bridgehead atoms. The Balaban J connectivity index is 2.10. The minimum atomic E-state index is 0.769. The van der Waals surface area contributed by atoms with Crippen LogP contribution in [0, 0.1) is 13.8 Å². The number of anilines is 1. The van der Waals surface area contributed by atoms with Crippen LogP contribution in [0.15, 0.2) is 30.6 Å². The van der Waals surface area contributed by atoms with Gasteiger partial charge in [-0.1, -0.05) is 12.1 Å². The van der Waals surface area contributed by atoms with E-state index >= 15 is 0 Å². The van der Waals surface area contributed by atoms with E-state index in [-0.39, 0.29) is 0 Å². The second-order valence-electron chi connectivity index (χ2n) is 4.23. The molecule has 0 aliphatic heterocycles. The number of aryl methyl sites for hydroxylation is 2. The summed E-state index contributed by atoms with van der Waals surface area (Å²) in [6, 6.07) is 6.33. The molecule has 0 atom stereocenters. The third-order valence-corrected chi connectivity index (χ3v) is 3.18. The Morgan fingerprint density at radius 2 is 2.12 bits per heavy atom. The number of hydrogen-bond donors (Lipinski definition) is 1. The number of nitrogens with zero attached hydrogens (tertiary/aromatic N) is 2. The van der Waals surface area contributed by atoms with Gasteiger partial charge in [0.2, 0.25) is 0 Å². The summed E-state index contributed by atoms with van der Waals surface area (Å²) >= 11 is 0. The monoisotopic (exact) mass is 229 g/mol. The van der Waals surface area contributed by atoms with Crippen LogP contribution in [-0.2, 0) is 13.1 Å². The molecule has 1 heterocycles. The van der Waals surface area contributed by atoms with Crippen molar-refractivity contribution in [3.63, 3.8) is 0 Å². The molecule has 0 amide bonds. The third-order valence-electron chi connectivity index (χ3n) is 3.18. The molecule has 0 fully saturated rings. The Hall–Kier alpha value is -1.77. The second kappa shape index (κ2) is 5.04. The molecule has 0 unspecified atom stereocenters. The molecule has 2 rings (SSSR count). The minimum Gasteiger partial charge on any atom is -0.378 e. The molecule has 1 aromatic heterocycles. The van der Waals surface area contributed by atoms with Crippen LogP contribution in [0.3, 0.4) is 0 Å². The quantitative estimate of drug-likeness (QED) is 0.873. The van der Waals surface area contributed by atoms with Crippen LogP contribution in [0.1, 0.15) is 23.9 Å². The van der Waals surface area contributed by atoms with E-state index in [0.717, 1.165) is 18.9 Å². The van der Waals surface area contributed by atoms with Crippen LogP contribution in [-0.4, -0.2) is 9.55 Å². The summed E-state index contributed by atoms with van der Waals surface area (Å²) in [6.07, 6.45) is 3.86. The maximum absolute atomic E-state index is 4.35. The van der Waals surface area contributed by atoms with E-state index in [1.54, 1.807) is 0 Å². The molecule has 2 aromatic rings. The summed E-state index contributed by atoms with van der Waals surface area (Å²) in [5.41, 5.74) is 3.81. The number of nitrogens with one attached hydrogen (secondary N) is 1. The fraction of sp³-hybridized carbons (Fsp3) is 0.357. The number of aromatic nitrogens is 2. The van der Waals surface area contributed by atoms with Gasteiger partial charge in [0.25, 0.3) is 0 Å². The maximum Gasteiger partial charge on any atom is 0.128 e. The van der Waals surface area contributed by atoms with Gasteiger partial charge in [-0.25, -0.2) is 4.98 Å². The van der Waals surface area contributed by atoms with Crippen LogP contribution >= 0.6 is 0 Å². The van der Waals surface area contributed by atoms with Gasteiger partial charge in [-0.3, -0.25) is 0 Å². The lowest BCUT2D eigenvalue weighted by Gasteiger charge is -2.11. The summed E-state index contributed by atoms with van der Waals surface area (Å²) in [4.78, 5) is 4.35. The molecule has 3 nitrogen and oxygen atoms in total. The SMILES string of the molecule is CCn1ccnc1CNc1cccc(C)c1C. The zero-order valence-electron chi connectivity index (χ0n) is 10.7. The second-order valence-corrected chi connectivity index (χ2v) is 4.23. The van der Waals surface area contributed by atoms with Crippen molar-refractivity contribution in [3.8, 4) is 0 Å². The van der Waals surface area contributed by atoms with Crippen molar-refractivity contribution in [2.45, 2.75) is 33.9 Å². The smallest absolute Gasteiger partial charge is 0.128 e. The molecular weight excluding hydrogens is 210 g/mol. The van der Waals surface area contributed by atoms with Gasteiger partial charge in [0.15, 0.2) is 0 Å². The summed E-state index contributed by atoms with van der Waals surface area (Å²) in [5, 5.41) is 3.45. The first kappa shape index (κ1) is 11.7. The van der Waals surface area contributed by atoms with E-state index in [2.05, 4.69) is 53.8 Å². The van der Waals surface area contributed by atoms with Gasteiger partial charge in [-0.15, -0.1) is 0 Å². The van der Waals surface area contributed by atoms with Gasteiger partial charge < -0.3 is 9.88 Å². The summed E-state index contributed by atoms with van der Waals surface area (Å²) < 4.78 is 2.15. The normalized spacial score (nSPS) is 10.5. The molecule has 90 valence electrons. The van der Waals surface area contributed by atoms with Gasteiger partial charge in [0.1, 0.15) is 5.82 Å². The Morgan fingerprint density at radius 3 is 2.88 bits per heavy atom. The maximum atomic E-state index is 4.35. The Morgan fingerprint density at radius 1 is 1.29 bits per heavy atom. The molecule has 0 saturated heterocycles. The van der Waals surface area contributed by atoms with Gasteiger partial charge >= 0.3 is 0 Å². The number of hydrogen-bond acceptors (Lipinski definition) is 2. The number of benzene rings is 1. The summed E-state index contributed by atoms with van der Waals surface area (Å²) in [5.74, 6) is 1.08. The lowest BCUT2D eigenvalue weighted by atomic mass is 10.1. The summed E-state index contributed by atoms with van der Waals surface area (Å²) in [7, 11) is 0. The zero-order valence-corrected chi connectivity index (χ0v) is 10.7. The topological polar surface area (TPSA) is 29.9 Å². The van der Waals surface area contributed by atoms with E-state index < -0.39 is 0 Å². The van der Waals surface area contributed by atoms with Crippen molar-refractivity contribution >= 4 is 5.69 Å². The van der Waals surface area contributed by atoms with Crippen molar-refractivity contribution in [2.75, 3.05) is 5.32 Å². The van der Waals surface area contributed by atoms with Crippen LogP contribution in [0.5, 0.6) is 0 Å². The molecule has 1 aromatic carbocycles. The minimum absolute atomic E-state index is 0.769. The predicted molar refractivity (Wildman–Crippen MR) is 71.1 cm³/mol. The Labute approximate surface area is 103 Å². The zero-order chi connectivity index (χ0) is 12.3. The molecule has 1 N–H and O–H groups in total. The van der Waals surface area contributed by atoms with Gasteiger partial charge in [0, 0.05) is 24.6 Å². The van der Waals surface area contributed by atoms with Crippen molar-refractivity contribution in [1.29, 1.82) is 0 Å². The highest BCUT2D eigenvalue weighted by Crippen LogP contribution is 2.18. The van der Waals surface area contributed by atoms with Crippen molar-refractivity contribution in [3.05, 3.63) is 47.5 Å². The highest BCUT2D eigenvalue weighted by Gasteiger charge is 2.03. The average molecular weight is 229 g/mol. The van der Waals surface area contributed by atoms with Crippen LogP contribution in [0.2, 0.25) is 0 Å². The Kier molecular flexibility index (Phi) is 3.47. The molecular formula is C14H19N3. The van der Waals surface area contributed by atoms with E-state index in [1.807, 2.05) is 12.4 Å². The molecule has 0 spiro atoms. The molecule has 17 heavy (non-hydrogen) atoms. The van der Waals surface area contributed by atoms with Crippen molar-refractivity contribution in [2.24, 2.45) is 0 Å². The van der Waals surface area contributed by atoms with Crippen molar-refractivity contribution < 1.29 is 0 Å². The predicted octanol–water partition coefficient (Wildman–Crippen LogP) is 3.13. The fourth-order valence-electron chi connectivity index (χ4n) is 1.91. The van der Waals surface area contributed by atoms with E-state index in [1.165, 1.54) is 16.8 Å². The average Bonchev–Trinajstić information content (AvgIpc) is 2.78. The van der Waals surface area contributed by atoms with E-state index in [4.69, 9.17) is 0 Å². The van der Waals surface area contributed by atoms with E-state index in [0.29, 0.717) is 0 Å². The highest BCUT2D eigenvalue weighted by atomic mass is 15.1. The lowest BCUT2D eigenvalue weighted by molar-refractivity contribution is 0.708. The van der Waals surface area contributed by atoms with Gasteiger partial charge in [-0.05, 0) is 38.0 Å².